The van der Waals surface area contributed by atoms with Gasteiger partial charge < -0.3 is 0 Å². The summed E-state index contributed by atoms with van der Waals surface area (Å²) in [5, 5.41) is 0. The lowest BCUT2D eigenvalue weighted by Gasteiger charge is -1.69. The highest BCUT2D eigenvalue weighted by atomic mass is 13.6. The molecular formula is C15H32. The van der Waals surface area contributed by atoms with Crippen LogP contribution in [-0.4, -0.2) is 0 Å². The molecule has 0 aliphatic rings. The first-order valence-electron chi connectivity index (χ1n) is 5.91. The summed E-state index contributed by atoms with van der Waals surface area (Å²) in [5.41, 5.74) is 0. The summed E-state index contributed by atoms with van der Waals surface area (Å²) in [6.45, 7) is 12.4. The van der Waals surface area contributed by atoms with Crippen molar-refractivity contribution in [3.8, 4) is 0 Å². The van der Waals surface area contributed by atoms with Crippen LogP contribution in [0.5, 0.6) is 0 Å². The highest BCUT2D eigenvalue weighted by Gasteiger charge is 1.58. The van der Waals surface area contributed by atoms with Crippen molar-refractivity contribution >= 4 is 0 Å². The third-order valence-corrected chi connectivity index (χ3v) is 1.17. The van der Waals surface area contributed by atoms with Gasteiger partial charge in [0, 0.05) is 0 Å². The molecule has 0 nitrogen and oxygen atoms in total. The van der Waals surface area contributed by atoms with Crippen LogP contribution in [0.4, 0.5) is 0 Å². The minimum Gasteiger partial charge on any atom is -0.0776 e. The molecule has 0 spiro atoms. The first-order valence-corrected chi connectivity index (χ1v) is 5.91. The number of unbranched alkanes of at least 4 members (excludes halogenated alkanes) is 1. The molecule has 0 unspecified atom stereocenters. The fourth-order valence-corrected chi connectivity index (χ4v) is 0.385. The molecule has 0 bridgehead atoms. The van der Waals surface area contributed by atoms with Crippen LogP contribution in [0.3, 0.4) is 0 Å². The second-order valence-electron chi connectivity index (χ2n) is 2.15. The van der Waals surface area contributed by atoms with Crippen molar-refractivity contribution in [2.45, 2.75) is 61.8 Å². The van der Waals surface area contributed by atoms with Crippen LogP contribution >= 0.6 is 0 Å². The van der Waals surface area contributed by atoms with Crippen LogP contribution in [0.15, 0.2) is 36.4 Å². The fourth-order valence-electron chi connectivity index (χ4n) is 0.385. The zero-order valence-electron chi connectivity index (χ0n) is 10.9. The maximum atomic E-state index is 2.18. The standard InChI is InChI=1S/C6H6.C4H10.2C2H6.CH4/c1-2-4-6-5-3-1;1-3-4-2;2*1-2;/h1-6H;3-4H2,1-2H3;2*1-2H3;1H4. The van der Waals surface area contributed by atoms with Crippen molar-refractivity contribution in [3.63, 3.8) is 0 Å². The minimum atomic E-state index is 0. The van der Waals surface area contributed by atoms with Gasteiger partial charge in [0.15, 0.2) is 0 Å². The summed E-state index contributed by atoms with van der Waals surface area (Å²) in [7, 11) is 0. The summed E-state index contributed by atoms with van der Waals surface area (Å²) in [4.78, 5) is 0. The molecule has 0 heterocycles. The van der Waals surface area contributed by atoms with E-state index in [-0.39, 0.29) is 7.43 Å². The Morgan fingerprint density at radius 1 is 0.533 bits per heavy atom. The van der Waals surface area contributed by atoms with Crippen LogP contribution in [0, 0.1) is 0 Å². The lowest BCUT2D eigenvalue weighted by Crippen LogP contribution is -1.47. The SMILES string of the molecule is C.CC.CC.CCCC.c1ccccc1. The summed E-state index contributed by atoms with van der Waals surface area (Å²) in [5.74, 6) is 0. The van der Waals surface area contributed by atoms with Gasteiger partial charge in [-0.05, 0) is 0 Å². The lowest BCUT2D eigenvalue weighted by molar-refractivity contribution is 0.886. The molecule has 0 aliphatic heterocycles. The quantitative estimate of drug-likeness (QED) is 0.521. The van der Waals surface area contributed by atoms with Gasteiger partial charge in [-0.2, -0.15) is 0 Å². The predicted molar refractivity (Wildman–Crippen MR) is 76.5 cm³/mol. The van der Waals surface area contributed by atoms with E-state index in [0.717, 1.165) is 0 Å². The van der Waals surface area contributed by atoms with Crippen molar-refractivity contribution in [3.05, 3.63) is 36.4 Å². The predicted octanol–water partition coefficient (Wildman–Crippen LogP) is 6.18. The van der Waals surface area contributed by atoms with E-state index in [2.05, 4.69) is 13.8 Å². The van der Waals surface area contributed by atoms with Gasteiger partial charge in [-0.3, -0.25) is 0 Å². The Kier molecular flexibility index (Phi) is 60.1. The molecular weight excluding hydrogens is 180 g/mol. The summed E-state index contributed by atoms with van der Waals surface area (Å²) < 4.78 is 0. The van der Waals surface area contributed by atoms with E-state index < -0.39 is 0 Å². The van der Waals surface area contributed by atoms with E-state index >= 15 is 0 Å². The molecule has 0 atom stereocenters. The van der Waals surface area contributed by atoms with Gasteiger partial charge in [0.1, 0.15) is 0 Å². The van der Waals surface area contributed by atoms with Crippen LogP contribution in [-0.2, 0) is 0 Å². The van der Waals surface area contributed by atoms with Gasteiger partial charge in [-0.25, -0.2) is 0 Å². The molecule has 1 rings (SSSR count). The van der Waals surface area contributed by atoms with Gasteiger partial charge >= 0.3 is 0 Å². The summed E-state index contributed by atoms with van der Waals surface area (Å²) >= 11 is 0. The number of benzene rings is 1. The zero-order valence-corrected chi connectivity index (χ0v) is 10.9. The van der Waals surface area contributed by atoms with Crippen molar-refractivity contribution in [2.75, 3.05) is 0 Å². The average molecular weight is 212 g/mol. The molecule has 0 N–H and O–H groups in total. The third kappa shape index (κ3) is 43.0. The van der Waals surface area contributed by atoms with E-state index in [1.54, 1.807) is 0 Å². The van der Waals surface area contributed by atoms with Crippen LogP contribution in [0.2, 0.25) is 0 Å². The lowest BCUT2D eigenvalue weighted by atomic mass is 10.4. The van der Waals surface area contributed by atoms with Crippen molar-refractivity contribution in [2.24, 2.45) is 0 Å². The first kappa shape index (κ1) is 23.8. The van der Waals surface area contributed by atoms with Crippen molar-refractivity contribution in [1.29, 1.82) is 0 Å². The van der Waals surface area contributed by atoms with E-state index in [1.165, 1.54) is 12.8 Å². The molecule has 0 aromatic heterocycles. The van der Waals surface area contributed by atoms with Gasteiger partial charge in [0.25, 0.3) is 0 Å². The van der Waals surface area contributed by atoms with Gasteiger partial charge in [-0.1, -0.05) is 98.2 Å². The maximum absolute atomic E-state index is 2.18. The third-order valence-electron chi connectivity index (χ3n) is 1.17. The topological polar surface area (TPSA) is 0 Å². The number of rotatable bonds is 1. The monoisotopic (exact) mass is 212 g/mol. The smallest absolute Gasteiger partial charge is 0.0564 e. The zero-order chi connectivity index (χ0) is 11.7. The van der Waals surface area contributed by atoms with Crippen LogP contribution < -0.4 is 0 Å². The summed E-state index contributed by atoms with van der Waals surface area (Å²) in [6, 6.07) is 12.0. The Hall–Kier alpha value is -0.780. The molecule has 1 aromatic rings. The minimum absolute atomic E-state index is 0. The van der Waals surface area contributed by atoms with Crippen molar-refractivity contribution < 1.29 is 0 Å². The molecule has 0 saturated heterocycles. The highest BCUT2D eigenvalue weighted by molar-refractivity contribution is 4.99. The molecule has 0 amide bonds. The van der Waals surface area contributed by atoms with E-state index in [4.69, 9.17) is 0 Å². The molecule has 0 heteroatoms. The molecule has 0 saturated carbocycles. The molecule has 0 fully saturated rings. The van der Waals surface area contributed by atoms with E-state index in [9.17, 15) is 0 Å². The van der Waals surface area contributed by atoms with E-state index in [0.29, 0.717) is 0 Å². The van der Waals surface area contributed by atoms with Crippen molar-refractivity contribution in [1.82, 2.24) is 0 Å². The number of hydrogen-bond donors (Lipinski definition) is 0. The average Bonchev–Trinajstić information content (AvgIpc) is 2.36. The summed E-state index contributed by atoms with van der Waals surface area (Å²) in [6.07, 6.45) is 2.64. The van der Waals surface area contributed by atoms with Gasteiger partial charge in [0.2, 0.25) is 0 Å². The second-order valence-corrected chi connectivity index (χ2v) is 2.15. The molecule has 15 heavy (non-hydrogen) atoms. The largest absolute Gasteiger partial charge is 0.0776 e. The number of hydrogen-bond acceptors (Lipinski definition) is 0. The van der Waals surface area contributed by atoms with Gasteiger partial charge in [0.05, 0.1) is 0 Å². The highest BCUT2D eigenvalue weighted by Crippen LogP contribution is 1.79. The molecule has 1 aromatic carbocycles. The van der Waals surface area contributed by atoms with Gasteiger partial charge in [-0.15, -0.1) is 0 Å². The second kappa shape index (κ2) is 37.9. The maximum Gasteiger partial charge on any atom is -0.0564 e. The Morgan fingerprint density at radius 3 is 0.733 bits per heavy atom. The Labute approximate surface area is 98.7 Å². The normalized spacial score (nSPS) is 6.00. The Morgan fingerprint density at radius 2 is 0.667 bits per heavy atom. The van der Waals surface area contributed by atoms with Crippen LogP contribution in [0.1, 0.15) is 61.8 Å². The van der Waals surface area contributed by atoms with Crippen LogP contribution in [0.25, 0.3) is 0 Å². The Balaban J connectivity index is -0.0000000601. The Bertz CT molecular complexity index is 92.0. The molecule has 0 aliphatic carbocycles. The molecule has 92 valence electrons. The fraction of sp³-hybridized carbons (Fsp3) is 0.600. The molecule has 0 radical (unpaired) electrons. The van der Waals surface area contributed by atoms with E-state index in [1.807, 2.05) is 64.1 Å². The first-order chi connectivity index (χ1) is 6.91.